The van der Waals surface area contributed by atoms with Crippen LogP contribution >= 0.6 is 0 Å². The summed E-state index contributed by atoms with van der Waals surface area (Å²) < 4.78 is 5.81. The van der Waals surface area contributed by atoms with E-state index in [1.807, 2.05) is 26.0 Å². The van der Waals surface area contributed by atoms with Gasteiger partial charge in [-0.25, -0.2) is 4.98 Å². The fourth-order valence-electron chi connectivity index (χ4n) is 1.67. The Morgan fingerprint density at radius 1 is 1.26 bits per heavy atom. The lowest BCUT2D eigenvalue weighted by molar-refractivity contribution is 0.448. The smallest absolute Gasteiger partial charge is 0.227 e. The molecule has 2 aromatic rings. The average Bonchev–Trinajstić information content (AvgIpc) is 2.38. The maximum atomic E-state index is 5.90. The molecule has 0 radical (unpaired) electrons. The van der Waals surface area contributed by atoms with E-state index in [9.17, 15) is 0 Å². The van der Waals surface area contributed by atoms with Crippen molar-refractivity contribution in [2.24, 2.45) is 0 Å². The van der Waals surface area contributed by atoms with E-state index in [1.165, 1.54) is 0 Å². The Kier molecular flexibility index (Phi) is 3.94. The summed E-state index contributed by atoms with van der Waals surface area (Å²) in [6, 6.07) is 3.69. The van der Waals surface area contributed by atoms with Crippen LogP contribution in [0.2, 0.25) is 0 Å². The van der Waals surface area contributed by atoms with Gasteiger partial charge in [-0.2, -0.15) is 4.98 Å². The summed E-state index contributed by atoms with van der Waals surface area (Å²) in [5, 5.41) is 0. The van der Waals surface area contributed by atoms with Crippen LogP contribution in [0.25, 0.3) is 0 Å². The second-order valence-electron chi connectivity index (χ2n) is 4.39. The number of nitrogen functional groups attached to an aromatic ring is 1. The number of ether oxygens (including phenoxy) is 1. The zero-order valence-corrected chi connectivity index (χ0v) is 11.5. The normalized spacial score (nSPS) is 10.5. The molecule has 0 saturated carbocycles. The third-order valence-corrected chi connectivity index (χ3v) is 2.82. The molecule has 5 nitrogen and oxygen atoms in total. The summed E-state index contributed by atoms with van der Waals surface area (Å²) in [5.74, 6) is 2.37. The molecule has 0 aromatic carbocycles. The average molecular weight is 258 g/mol. The Morgan fingerprint density at radius 2 is 2.05 bits per heavy atom. The lowest BCUT2D eigenvalue weighted by Gasteiger charge is -2.11. The molecule has 2 rings (SSSR count). The summed E-state index contributed by atoms with van der Waals surface area (Å²) in [6.07, 6.45) is 3.48. The SMILES string of the molecule is CCCc1nc(N)c(C)c(Oc2cccnc2C)n1. The molecule has 0 bridgehead atoms. The number of pyridine rings is 1. The number of hydrogen-bond acceptors (Lipinski definition) is 5. The molecule has 0 amide bonds. The van der Waals surface area contributed by atoms with Crippen molar-refractivity contribution in [3.63, 3.8) is 0 Å². The lowest BCUT2D eigenvalue weighted by Crippen LogP contribution is -2.05. The summed E-state index contributed by atoms with van der Waals surface area (Å²) in [4.78, 5) is 12.9. The van der Waals surface area contributed by atoms with Gasteiger partial charge in [0.1, 0.15) is 11.6 Å². The molecule has 0 unspecified atom stereocenters. The molecular formula is C14H18N4O. The molecule has 0 aliphatic heterocycles. The van der Waals surface area contributed by atoms with Crippen LogP contribution in [0.4, 0.5) is 5.82 Å². The fourth-order valence-corrected chi connectivity index (χ4v) is 1.67. The van der Waals surface area contributed by atoms with Crippen molar-refractivity contribution in [3.8, 4) is 11.6 Å². The quantitative estimate of drug-likeness (QED) is 0.912. The molecular weight excluding hydrogens is 240 g/mol. The lowest BCUT2D eigenvalue weighted by atomic mass is 10.3. The summed E-state index contributed by atoms with van der Waals surface area (Å²) >= 11 is 0. The van der Waals surface area contributed by atoms with E-state index in [0.29, 0.717) is 23.3 Å². The third kappa shape index (κ3) is 2.99. The highest BCUT2D eigenvalue weighted by molar-refractivity contribution is 5.46. The Balaban J connectivity index is 2.36. The topological polar surface area (TPSA) is 73.9 Å². The first-order chi connectivity index (χ1) is 9.11. The van der Waals surface area contributed by atoms with Crippen molar-refractivity contribution in [3.05, 3.63) is 35.4 Å². The molecule has 2 aromatic heterocycles. The molecule has 2 heterocycles. The molecule has 0 aliphatic rings. The minimum atomic E-state index is 0.468. The van der Waals surface area contributed by atoms with Crippen LogP contribution in [-0.4, -0.2) is 15.0 Å². The minimum absolute atomic E-state index is 0.468. The van der Waals surface area contributed by atoms with Gasteiger partial charge >= 0.3 is 0 Å². The molecule has 19 heavy (non-hydrogen) atoms. The van der Waals surface area contributed by atoms with Gasteiger partial charge in [-0.3, -0.25) is 4.98 Å². The van der Waals surface area contributed by atoms with E-state index in [2.05, 4.69) is 21.9 Å². The van der Waals surface area contributed by atoms with Crippen LogP contribution in [0.15, 0.2) is 18.3 Å². The van der Waals surface area contributed by atoms with Crippen molar-refractivity contribution >= 4 is 5.82 Å². The fraction of sp³-hybridized carbons (Fsp3) is 0.357. The zero-order chi connectivity index (χ0) is 13.8. The van der Waals surface area contributed by atoms with Gasteiger partial charge in [0.25, 0.3) is 0 Å². The van der Waals surface area contributed by atoms with Crippen LogP contribution in [0, 0.1) is 13.8 Å². The summed E-state index contributed by atoms with van der Waals surface area (Å²) in [6.45, 7) is 5.82. The van der Waals surface area contributed by atoms with Crippen LogP contribution in [0.3, 0.4) is 0 Å². The third-order valence-electron chi connectivity index (χ3n) is 2.82. The summed E-state index contributed by atoms with van der Waals surface area (Å²) in [7, 11) is 0. The van der Waals surface area contributed by atoms with E-state index in [4.69, 9.17) is 10.5 Å². The number of nitrogens with two attached hydrogens (primary N) is 1. The number of anilines is 1. The number of rotatable bonds is 4. The zero-order valence-electron chi connectivity index (χ0n) is 11.5. The molecule has 0 fully saturated rings. The van der Waals surface area contributed by atoms with Crippen molar-refractivity contribution in [1.82, 2.24) is 15.0 Å². The van der Waals surface area contributed by atoms with Gasteiger partial charge in [0.15, 0.2) is 5.75 Å². The molecule has 0 aliphatic carbocycles. The van der Waals surface area contributed by atoms with E-state index in [-0.39, 0.29) is 0 Å². The van der Waals surface area contributed by atoms with Gasteiger partial charge in [-0.05, 0) is 32.4 Å². The highest BCUT2D eigenvalue weighted by Crippen LogP contribution is 2.27. The second-order valence-corrected chi connectivity index (χ2v) is 4.39. The maximum absolute atomic E-state index is 5.90. The van der Waals surface area contributed by atoms with Gasteiger partial charge in [-0.1, -0.05) is 6.92 Å². The number of aryl methyl sites for hydroxylation is 2. The highest BCUT2D eigenvalue weighted by Gasteiger charge is 2.11. The van der Waals surface area contributed by atoms with E-state index in [0.717, 1.165) is 24.1 Å². The predicted molar refractivity (Wildman–Crippen MR) is 74.2 cm³/mol. The van der Waals surface area contributed by atoms with E-state index in [1.54, 1.807) is 6.20 Å². The van der Waals surface area contributed by atoms with Crippen molar-refractivity contribution in [1.29, 1.82) is 0 Å². The Labute approximate surface area is 112 Å². The predicted octanol–water partition coefficient (Wildman–Crippen LogP) is 2.82. The molecule has 0 spiro atoms. The Hall–Kier alpha value is -2.17. The molecule has 2 N–H and O–H groups in total. The monoisotopic (exact) mass is 258 g/mol. The molecule has 0 saturated heterocycles. The highest BCUT2D eigenvalue weighted by atomic mass is 16.5. The Morgan fingerprint density at radius 3 is 2.74 bits per heavy atom. The van der Waals surface area contributed by atoms with Crippen LogP contribution in [0.1, 0.15) is 30.4 Å². The second kappa shape index (κ2) is 5.65. The molecule has 0 atom stereocenters. The number of nitrogens with zero attached hydrogens (tertiary/aromatic N) is 3. The van der Waals surface area contributed by atoms with Crippen LogP contribution in [-0.2, 0) is 6.42 Å². The van der Waals surface area contributed by atoms with E-state index >= 15 is 0 Å². The van der Waals surface area contributed by atoms with Gasteiger partial charge in [0, 0.05) is 12.6 Å². The van der Waals surface area contributed by atoms with Crippen molar-refractivity contribution in [2.75, 3.05) is 5.73 Å². The van der Waals surface area contributed by atoms with Gasteiger partial charge < -0.3 is 10.5 Å². The molecule has 5 heteroatoms. The largest absolute Gasteiger partial charge is 0.437 e. The first kappa shape index (κ1) is 13.3. The maximum Gasteiger partial charge on any atom is 0.227 e. The molecule has 100 valence electrons. The van der Waals surface area contributed by atoms with Gasteiger partial charge in [-0.15, -0.1) is 0 Å². The minimum Gasteiger partial charge on any atom is -0.437 e. The van der Waals surface area contributed by atoms with Crippen molar-refractivity contribution in [2.45, 2.75) is 33.6 Å². The van der Waals surface area contributed by atoms with Crippen molar-refractivity contribution < 1.29 is 4.74 Å². The standard InChI is InChI=1S/C14H18N4O/c1-4-6-12-17-13(15)9(2)14(18-12)19-11-7-5-8-16-10(11)3/h5,7-8H,4,6H2,1-3H3,(H2,15,17,18). The van der Waals surface area contributed by atoms with E-state index < -0.39 is 0 Å². The number of hydrogen-bond donors (Lipinski definition) is 1. The van der Waals surface area contributed by atoms with Crippen LogP contribution in [0.5, 0.6) is 11.6 Å². The first-order valence-corrected chi connectivity index (χ1v) is 6.34. The van der Waals surface area contributed by atoms with Crippen LogP contribution < -0.4 is 10.5 Å². The number of aromatic nitrogens is 3. The Bertz CT molecular complexity index is 584. The van der Waals surface area contributed by atoms with Gasteiger partial charge in [0.05, 0.1) is 11.3 Å². The first-order valence-electron chi connectivity index (χ1n) is 6.34. The summed E-state index contributed by atoms with van der Waals surface area (Å²) in [5.41, 5.74) is 7.47. The van der Waals surface area contributed by atoms with Gasteiger partial charge in [0.2, 0.25) is 5.88 Å².